The van der Waals surface area contributed by atoms with Gasteiger partial charge in [-0.25, -0.2) is 9.69 Å². The fraction of sp³-hybridized carbons (Fsp3) is 0.326. The summed E-state index contributed by atoms with van der Waals surface area (Å²) in [6.07, 6.45) is 18.0. The molecule has 0 aliphatic carbocycles. The molecule has 4 aromatic heterocycles. The SMILES string of the molecule is C=CCOC(=O)N1c2cc(OCCCC(=O)Nc3cc(C(=O)Cc4ccc(-c5cc(C(=O)Nc6ccc(N)cc6)n(C)c5)cc4)n(C)c3)c(C)cc2C(=O)N2CCCC[C@H]2C1OC1CCCCO1.Cc1cc2c(cc1OCCCC(=O)Nc1cc(C(=O)Cc3ccc(-c4cc(C(=O)Nc5ccc(N)cc5)n(C)c4)cc3)n(C)c1)N=C[C@@H]1CCCCN1C2=O. The Balaban J connectivity index is 0.000000205. The molecule has 2 unspecified atom stereocenters. The van der Waals surface area contributed by atoms with Crippen LogP contribution in [0, 0.1) is 13.8 Å². The topological polar surface area (TPSA) is 342 Å². The molecule has 28 heteroatoms. The number of fused-ring (bicyclic) bond motifs is 4. The van der Waals surface area contributed by atoms with Gasteiger partial charge in [0, 0.05) is 151 Å². The van der Waals surface area contributed by atoms with Crippen molar-refractivity contribution < 1.29 is 66.8 Å². The van der Waals surface area contributed by atoms with Gasteiger partial charge in [0.05, 0.1) is 70.6 Å². The molecule has 0 radical (unpaired) electrons. The zero-order valence-corrected chi connectivity index (χ0v) is 70.1. The van der Waals surface area contributed by atoms with Crippen molar-refractivity contribution in [3.8, 4) is 33.8 Å². The van der Waals surface area contributed by atoms with Crippen molar-refractivity contribution in [3.63, 3.8) is 0 Å². The number of benzene rings is 6. The molecule has 6 aromatic carbocycles. The summed E-state index contributed by atoms with van der Waals surface area (Å²) >= 11 is 0. The van der Waals surface area contributed by atoms with Gasteiger partial charge in [-0.1, -0.05) is 61.2 Å². The van der Waals surface area contributed by atoms with E-state index < -0.39 is 24.7 Å². The van der Waals surface area contributed by atoms with E-state index >= 15 is 0 Å². The summed E-state index contributed by atoms with van der Waals surface area (Å²) < 4.78 is 37.4. The van der Waals surface area contributed by atoms with Gasteiger partial charge in [-0.2, -0.15) is 0 Å². The number of nitrogens with zero attached hydrogens (tertiary/aromatic N) is 8. The molecule has 7 amide bonds. The molecule has 0 bridgehead atoms. The molecule has 3 saturated heterocycles. The van der Waals surface area contributed by atoms with Crippen LogP contribution < -0.4 is 47.1 Å². The average Bonchev–Trinajstić information content (AvgIpc) is 1.62. The number of hydrogen-bond donors (Lipinski definition) is 6. The van der Waals surface area contributed by atoms with Crippen LogP contribution in [-0.2, 0) is 64.8 Å². The van der Waals surface area contributed by atoms with Crippen LogP contribution in [0.4, 0.5) is 50.3 Å². The van der Waals surface area contributed by atoms with Crippen molar-refractivity contribution in [2.24, 2.45) is 33.2 Å². The van der Waals surface area contributed by atoms with Gasteiger partial charge in [0.15, 0.2) is 24.1 Å². The normalized spacial score (nSPS) is 16.6. The van der Waals surface area contributed by atoms with E-state index in [9.17, 15) is 43.2 Å². The third kappa shape index (κ3) is 20.7. The first kappa shape index (κ1) is 85.8. The summed E-state index contributed by atoms with van der Waals surface area (Å²) in [7, 11) is 7.17. The molecule has 15 rings (SSSR count). The summed E-state index contributed by atoms with van der Waals surface area (Å²) in [4.78, 5) is 130. The van der Waals surface area contributed by atoms with E-state index in [1.54, 1.807) is 118 Å². The van der Waals surface area contributed by atoms with Crippen molar-refractivity contribution in [2.75, 3.05) is 77.2 Å². The number of ether oxygens (including phenoxy) is 5. The molecule has 4 atom stereocenters. The van der Waals surface area contributed by atoms with Crippen LogP contribution in [0.2, 0.25) is 0 Å². The number of aryl methyl sites for hydroxylation is 6. The second-order valence-corrected chi connectivity index (χ2v) is 31.9. The Labute approximate surface area is 714 Å². The van der Waals surface area contributed by atoms with E-state index in [1.807, 2.05) is 129 Å². The maximum absolute atomic E-state index is 14.2. The van der Waals surface area contributed by atoms with Crippen LogP contribution in [0.3, 0.4) is 0 Å². The number of nitrogen functional groups attached to an aromatic ring is 2. The predicted octanol–water partition coefficient (Wildman–Crippen LogP) is 15.5. The number of ketones is 2. The van der Waals surface area contributed by atoms with Gasteiger partial charge in [0.1, 0.15) is 29.5 Å². The van der Waals surface area contributed by atoms with E-state index in [1.165, 1.54) is 11.0 Å². The summed E-state index contributed by atoms with van der Waals surface area (Å²) in [5, 5.41) is 11.6. The Bertz CT molecular complexity index is 5640. The molecular formula is C95H104N14O14. The van der Waals surface area contributed by atoms with Gasteiger partial charge in [0.2, 0.25) is 11.8 Å². The fourth-order valence-corrected chi connectivity index (χ4v) is 16.2. The van der Waals surface area contributed by atoms with Gasteiger partial charge in [-0.3, -0.25) is 43.3 Å². The summed E-state index contributed by atoms with van der Waals surface area (Å²) in [6.45, 7) is 9.76. The first-order valence-corrected chi connectivity index (χ1v) is 41.8. The molecule has 28 nitrogen and oxygen atoms in total. The number of nitrogens with one attached hydrogen (secondary N) is 4. The van der Waals surface area contributed by atoms with E-state index in [0.29, 0.717) is 142 Å². The Morgan fingerprint density at radius 3 is 1.53 bits per heavy atom. The lowest BCUT2D eigenvalue weighted by Crippen LogP contribution is -2.57. The number of carbonyl (C=O) groups is 9. The highest BCUT2D eigenvalue weighted by molar-refractivity contribution is 6.08. The van der Waals surface area contributed by atoms with Gasteiger partial charge in [-0.05, 0) is 203 Å². The minimum Gasteiger partial charge on any atom is -0.493 e. The predicted molar refractivity (Wildman–Crippen MR) is 473 cm³/mol. The molecule has 8 N–H and O–H groups in total. The lowest BCUT2D eigenvalue weighted by molar-refractivity contribution is -0.198. The Morgan fingerprint density at radius 2 is 1.01 bits per heavy atom. The molecule has 123 heavy (non-hydrogen) atoms. The second-order valence-electron chi connectivity index (χ2n) is 31.9. The van der Waals surface area contributed by atoms with E-state index in [4.69, 9.17) is 35.2 Å². The number of rotatable bonds is 28. The Morgan fingerprint density at radius 1 is 0.520 bits per heavy atom. The van der Waals surface area contributed by atoms with Gasteiger partial charge >= 0.3 is 6.09 Å². The van der Waals surface area contributed by atoms with Crippen LogP contribution >= 0.6 is 0 Å². The molecule has 3 fully saturated rings. The molecule has 0 saturated carbocycles. The third-order valence-electron chi connectivity index (χ3n) is 22.7. The second kappa shape index (κ2) is 38.9. The van der Waals surface area contributed by atoms with Gasteiger partial charge in [-0.15, -0.1) is 0 Å². The minimum atomic E-state index is -0.860. The number of Topliss-reactive ketones (excluding diaryl/α,β-unsaturated/α-hetero) is 2. The van der Waals surface area contributed by atoms with Crippen molar-refractivity contribution in [1.82, 2.24) is 28.1 Å². The zero-order valence-electron chi connectivity index (χ0n) is 70.1. The lowest BCUT2D eigenvalue weighted by atomic mass is 10.00. The number of hydrogen-bond acceptors (Lipinski definition) is 17. The van der Waals surface area contributed by atoms with E-state index in [0.717, 1.165) is 90.4 Å². The molecular weight excluding hydrogens is 1560 g/mol. The quantitative estimate of drug-likeness (QED) is 0.0115. The fourth-order valence-electron chi connectivity index (χ4n) is 16.2. The molecule has 10 aromatic rings. The monoisotopic (exact) mass is 1660 g/mol. The highest BCUT2D eigenvalue weighted by Gasteiger charge is 2.47. The zero-order chi connectivity index (χ0) is 86.5. The Hall–Kier alpha value is -13.6. The average molecular weight is 1670 g/mol. The van der Waals surface area contributed by atoms with Crippen molar-refractivity contribution in [3.05, 3.63) is 239 Å². The standard InChI is InChI=1S/C52H59N7O9.C43H45N7O5/c1-5-23-67-52(64)59-42-30-46(33(2)26-40(42)50(63)58-22-8-6-11-41(58)51(59)68-48-13-7-9-24-66-48)65-25-10-12-47(61)54-39-29-43(57(4)32-39)45(60)27-34-14-16-35(17-15-34)36-28-44(56(3)31-36)49(62)55-38-20-18-37(53)19-21-38;1-27-19-35-36(45-24-34-7-4-5-17-50(34)43(35)54)23-40(27)55-18-6-8-41(52)46-33-22-37(49(3)26-33)39(51)20-28-9-11-29(12-10-28)30-21-38(48(2)25-30)42(53)47-32-15-13-31(44)14-16-32/h5,14-21,26,28-32,41,48,51H,1,6-13,22-25,27,53H2,2-4H3,(H,54,61)(H,55,62);9-16,19,21-26,34H,4-8,17-18,20,44H2,1-3H3,(H,46,52)(H,47,53)/t41-,48?,51?;34-/m00/s1. The first-order chi connectivity index (χ1) is 59.4. The van der Waals surface area contributed by atoms with E-state index in [2.05, 4.69) is 32.8 Å². The lowest BCUT2D eigenvalue weighted by Gasteiger charge is -2.42. The summed E-state index contributed by atoms with van der Waals surface area (Å²) in [5.74, 6) is -0.166. The minimum absolute atomic E-state index is 0.0158. The summed E-state index contributed by atoms with van der Waals surface area (Å²) in [6, 6.07) is 43.0. The van der Waals surface area contributed by atoms with Gasteiger partial charge in [0.25, 0.3) is 23.6 Å². The number of amides is 7. The van der Waals surface area contributed by atoms with Crippen LogP contribution in [0.25, 0.3) is 22.3 Å². The number of aliphatic imine (C=N–C) groups is 1. The van der Waals surface area contributed by atoms with Crippen LogP contribution in [0.5, 0.6) is 11.5 Å². The van der Waals surface area contributed by atoms with Crippen molar-refractivity contribution in [2.45, 2.75) is 135 Å². The number of nitrogens with two attached hydrogens (primary N) is 2. The molecule has 5 aliphatic rings. The first-order valence-electron chi connectivity index (χ1n) is 41.8. The number of anilines is 7. The number of aromatic nitrogens is 4. The maximum atomic E-state index is 14.2. The number of carbonyl (C=O) groups excluding carboxylic acids is 9. The highest BCUT2D eigenvalue weighted by atomic mass is 16.7. The van der Waals surface area contributed by atoms with E-state index in [-0.39, 0.29) is 91.9 Å². The Kier molecular flexibility index (Phi) is 27.1. The largest absolute Gasteiger partial charge is 0.493 e. The molecule has 638 valence electrons. The maximum Gasteiger partial charge on any atom is 0.416 e. The highest BCUT2D eigenvalue weighted by Crippen LogP contribution is 2.42. The van der Waals surface area contributed by atoms with Gasteiger partial charge < -0.3 is 84.5 Å². The van der Waals surface area contributed by atoms with Crippen LogP contribution in [-0.4, -0.2) is 152 Å². The van der Waals surface area contributed by atoms with Crippen molar-refractivity contribution in [1.29, 1.82) is 0 Å². The molecule has 5 aliphatic heterocycles. The summed E-state index contributed by atoms with van der Waals surface area (Å²) in [5.41, 5.74) is 25.7. The molecule has 9 heterocycles. The number of piperidine rings is 2. The smallest absolute Gasteiger partial charge is 0.416 e. The third-order valence-corrected chi connectivity index (χ3v) is 22.7. The molecule has 0 spiro atoms. The van der Waals surface area contributed by atoms with Crippen LogP contribution in [0.1, 0.15) is 168 Å². The van der Waals surface area contributed by atoms with Crippen molar-refractivity contribution >= 4 is 105 Å². The van der Waals surface area contributed by atoms with Crippen LogP contribution in [0.15, 0.2) is 188 Å².